The van der Waals surface area contributed by atoms with Crippen LogP contribution in [0, 0.1) is 0 Å². The summed E-state index contributed by atoms with van der Waals surface area (Å²) in [6.07, 6.45) is -2.49. The molecular formula is C11H6Cl2F2N2. The van der Waals surface area contributed by atoms with Crippen molar-refractivity contribution in [1.82, 2.24) is 9.97 Å². The van der Waals surface area contributed by atoms with Crippen LogP contribution in [-0.2, 0) is 0 Å². The molecular weight excluding hydrogens is 269 g/mol. The first-order valence-electron chi connectivity index (χ1n) is 4.65. The molecule has 1 heterocycles. The molecule has 0 aliphatic carbocycles. The Labute approximate surface area is 106 Å². The third-order valence-corrected chi connectivity index (χ3v) is 2.47. The summed E-state index contributed by atoms with van der Waals surface area (Å²) in [7, 11) is 0. The summed E-state index contributed by atoms with van der Waals surface area (Å²) < 4.78 is 24.7. The van der Waals surface area contributed by atoms with Gasteiger partial charge in [-0.2, -0.15) is 0 Å². The molecule has 0 aliphatic heterocycles. The van der Waals surface area contributed by atoms with Crippen LogP contribution in [0.25, 0.3) is 11.4 Å². The van der Waals surface area contributed by atoms with Crippen LogP contribution in [0.2, 0.25) is 10.3 Å². The maximum Gasteiger partial charge on any atom is 0.263 e. The second-order valence-electron chi connectivity index (χ2n) is 3.26. The van der Waals surface area contributed by atoms with Crippen molar-refractivity contribution in [3.8, 4) is 11.4 Å². The van der Waals surface area contributed by atoms with E-state index in [1.807, 2.05) is 0 Å². The van der Waals surface area contributed by atoms with Crippen molar-refractivity contribution in [2.45, 2.75) is 6.43 Å². The highest BCUT2D eigenvalue weighted by molar-refractivity contribution is 6.33. The van der Waals surface area contributed by atoms with Crippen molar-refractivity contribution in [2.24, 2.45) is 0 Å². The lowest BCUT2D eigenvalue weighted by Crippen LogP contribution is -1.91. The van der Waals surface area contributed by atoms with Gasteiger partial charge in [-0.3, -0.25) is 0 Å². The van der Waals surface area contributed by atoms with Crippen LogP contribution in [0.5, 0.6) is 0 Å². The average molecular weight is 275 g/mol. The average Bonchev–Trinajstić information content (AvgIpc) is 2.28. The third-order valence-electron chi connectivity index (χ3n) is 2.08. The lowest BCUT2D eigenvalue weighted by atomic mass is 10.1. The highest BCUT2D eigenvalue weighted by Gasteiger charge is 2.08. The van der Waals surface area contributed by atoms with Gasteiger partial charge in [-0.05, 0) is 0 Å². The van der Waals surface area contributed by atoms with Crippen LogP contribution < -0.4 is 0 Å². The molecule has 0 saturated carbocycles. The summed E-state index contributed by atoms with van der Waals surface area (Å²) in [4.78, 5) is 7.92. The van der Waals surface area contributed by atoms with Gasteiger partial charge in [0.2, 0.25) is 0 Å². The largest absolute Gasteiger partial charge is 0.263 e. The molecule has 1 aromatic heterocycles. The summed E-state index contributed by atoms with van der Waals surface area (Å²) in [6, 6.07) is 7.05. The molecule has 17 heavy (non-hydrogen) atoms. The highest BCUT2D eigenvalue weighted by atomic mass is 35.5. The van der Waals surface area contributed by atoms with E-state index in [9.17, 15) is 8.78 Å². The Balaban J connectivity index is 2.39. The second kappa shape index (κ2) is 4.94. The SMILES string of the molecule is FC(F)c1ccc(-c2nc(Cl)cc(Cl)n2)cc1. The number of nitrogens with zero attached hydrogens (tertiary/aromatic N) is 2. The molecule has 2 aromatic rings. The second-order valence-corrected chi connectivity index (χ2v) is 4.03. The van der Waals surface area contributed by atoms with E-state index in [1.54, 1.807) is 0 Å². The molecule has 0 fully saturated rings. The molecule has 0 bridgehead atoms. The molecule has 0 saturated heterocycles. The fourth-order valence-corrected chi connectivity index (χ4v) is 1.72. The lowest BCUT2D eigenvalue weighted by molar-refractivity contribution is 0.151. The monoisotopic (exact) mass is 274 g/mol. The van der Waals surface area contributed by atoms with Crippen molar-refractivity contribution in [3.63, 3.8) is 0 Å². The fraction of sp³-hybridized carbons (Fsp3) is 0.0909. The van der Waals surface area contributed by atoms with Gasteiger partial charge in [0.05, 0.1) is 0 Å². The molecule has 1 aromatic carbocycles. The van der Waals surface area contributed by atoms with E-state index in [1.165, 1.54) is 30.3 Å². The number of hydrogen-bond donors (Lipinski definition) is 0. The molecule has 0 radical (unpaired) electrons. The summed E-state index contributed by atoms with van der Waals surface area (Å²) in [5, 5.41) is 0.413. The van der Waals surface area contributed by atoms with Crippen molar-refractivity contribution in [1.29, 1.82) is 0 Å². The van der Waals surface area contributed by atoms with E-state index < -0.39 is 6.43 Å². The van der Waals surface area contributed by atoms with Crippen LogP contribution in [0.15, 0.2) is 30.3 Å². The summed E-state index contributed by atoms with van der Waals surface area (Å²) in [5.74, 6) is 0.309. The van der Waals surface area contributed by atoms with Gasteiger partial charge in [-0.25, -0.2) is 18.7 Å². The maximum absolute atomic E-state index is 12.4. The number of alkyl halides is 2. The smallest absolute Gasteiger partial charge is 0.216 e. The molecule has 0 aliphatic rings. The van der Waals surface area contributed by atoms with Crippen LogP contribution in [0.4, 0.5) is 8.78 Å². The zero-order valence-electron chi connectivity index (χ0n) is 8.37. The van der Waals surface area contributed by atoms with Crippen LogP contribution in [-0.4, -0.2) is 9.97 Å². The molecule has 88 valence electrons. The topological polar surface area (TPSA) is 25.8 Å². The Bertz CT molecular complexity index is 509. The van der Waals surface area contributed by atoms with Gasteiger partial charge in [0.25, 0.3) is 6.43 Å². The first-order valence-corrected chi connectivity index (χ1v) is 5.40. The van der Waals surface area contributed by atoms with Gasteiger partial charge >= 0.3 is 0 Å². The summed E-state index contributed by atoms with van der Waals surface area (Å²) in [6.45, 7) is 0. The van der Waals surface area contributed by atoms with Crippen molar-refractivity contribution in [2.75, 3.05) is 0 Å². The quantitative estimate of drug-likeness (QED) is 0.760. The normalized spacial score (nSPS) is 10.9. The predicted octanol–water partition coefficient (Wildman–Crippen LogP) is 4.39. The van der Waals surface area contributed by atoms with Crippen molar-refractivity contribution in [3.05, 3.63) is 46.2 Å². The van der Waals surface area contributed by atoms with Crippen molar-refractivity contribution >= 4 is 23.2 Å². The Hall–Kier alpha value is -1.26. The summed E-state index contributed by atoms with van der Waals surface area (Å²) >= 11 is 11.5. The maximum atomic E-state index is 12.4. The minimum absolute atomic E-state index is 0.0538. The number of benzene rings is 1. The molecule has 0 spiro atoms. The molecule has 6 heteroatoms. The van der Waals surface area contributed by atoms with E-state index in [0.29, 0.717) is 11.4 Å². The molecule has 0 atom stereocenters. The van der Waals surface area contributed by atoms with Gasteiger partial charge in [0.15, 0.2) is 5.82 Å². The van der Waals surface area contributed by atoms with Gasteiger partial charge < -0.3 is 0 Å². The number of halogens is 4. The van der Waals surface area contributed by atoms with E-state index >= 15 is 0 Å². The molecule has 0 N–H and O–H groups in total. The molecule has 2 nitrogen and oxygen atoms in total. The number of aromatic nitrogens is 2. The van der Waals surface area contributed by atoms with Crippen LogP contribution >= 0.6 is 23.2 Å². The number of rotatable bonds is 2. The lowest BCUT2D eigenvalue weighted by Gasteiger charge is -2.03. The van der Waals surface area contributed by atoms with Crippen molar-refractivity contribution < 1.29 is 8.78 Å². The predicted molar refractivity (Wildman–Crippen MR) is 62.4 cm³/mol. The minimum Gasteiger partial charge on any atom is -0.216 e. The zero-order valence-corrected chi connectivity index (χ0v) is 9.88. The van der Waals surface area contributed by atoms with Crippen LogP contribution in [0.3, 0.4) is 0 Å². The number of hydrogen-bond acceptors (Lipinski definition) is 2. The van der Waals surface area contributed by atoms with E-state index in [4.69, 9.17) is 23.2 Å². The van der Waals surface area contributed by atoms with E-state index in [-0.39, 0.29) is 15.9 Å². The van der Waals surface area contributed by atoms with Gasteiger partial charge in [0.1, 0.15) is 10.3 Å². The van der Waals surface area contributed by atoms with Gasteiger partial charge in [-0.1, -0.05) is 47.5 Å². The first kappa shape index (κ1) is 12.2. The first-order chi connectivity index (χ1) is 8.06. The van der Waals surface area contributed by atoms with Crippen LogP contribution in [0.1, 0.15) is 12.0 Å². The third kappa shape index (κ3) is 2.90. The zero-order chi connectivity index (χ0) is 12.4. The fourth-order valence-electron chi connectivity index (χ4n) is 1.30. The highest BCUT2D eigenvalue weighted by Crippen LogP contribution is 2.24. The Kier molecular flexibility index (Phi) is 3.54. The summed E-state index contributed by atoms with van der Waals surface area (Å²) in [5.41, 5.74) is 0.528. The molecule has 2 rings (SSSR count). The molecule has 0 amide bonds. The van der Waals surface area contributed by atoms with E-state index in [2.05, 4.69) is 9.97 Å². The Morgan fingerprint density at radius 2 is 1.47 bits per heavy atom. The van der Waals surface area contributed by atoms with E-state index in [0.717, 1.165) is 0 Å². The van der Waals surface area contributed by atoms with Gasteiger partial charge in [0, 0.05) is 17.2 Å². The standard InChI is InChI=1S/C11H6Cl2F2N2/c12-8-5-9(13)17-11(16-8)7-3-1-6(2-4-7)10(14)15/h1-5,10H. The van der Waals surface area contributed by atoms with Gasteiger partial charge in [-0.15, -0.1) is 0 Å². The minimum atomic E-state index is -2.49. The molecule has 0 unspecified atom stereocenters. The Morgan fingerprint density at radius 1 is 0.941 bits per heavy atom. The Morgan fingerprint density at radius 3 is 1.94 bits per heavy atom.